The van der Waals surface area contributed by atoms with Gasteiger partial charge >= 0.3 is 5.97 Å². The van der Waals surface area contributed by atoms with Gasteiger partial charge in [0.1, 0.15) is 5.60 Å². The van der Waals surface area contributed by atoms with Crippen LogP contribution >= 0.6 is 23.2 Å². The molecule has 0 amide bonds. The van der Waals surface area contributed by atoms with Crippen molar-refractivity contribution in [2.75, 3.05) is 37.6 Å². The van der Waals surface area contributed by atoms with Crippen molar-refractivity contribution in [3.8, 4) is 0 Å². The molecule has 0 atom stereocenters. The number of Topliss-reactive ketones (excluding diaryl/α,β-unsaturated/α-hetero) is 1. The molecule has 0 saturated carbocycles. The predicted molar refractivity (Wildman–Crippen MR) is 204 cm³/mol. The van der Waals surface area contributed by atoms with E-state index in [2.05, 4.69) is 16.7 Å². The highest BCUT2D eigenvalue weighted by atomic mass is 35.5. The standard InChI is InChI=1S/C42H54Cl2N2O4/c1-2-3-4-5-6-7-8-11-40(48)50-42(35-16-20-37(44)21-17-35)26-29-45(30-27-42)28-9-10-39(47)33-12-22-38(23-13-33)46-31-24-41(49,25-32-46)34-14-18-36(43)19-15-34/h12-23,49H,2-11,24-32H2,1H3. The number of ether oxygens (including phenoxy) is 1. The van der Waals surface area contributed by atoms with Gasteiger partial charge in [-0.05, 0) is 91.9 Å². The lowest BCUT2D eigenvalue weighted by Crippen LogP contribution is -2.45. The Labute approximate surface area is 309 Å². The van der Waals surface area contributed by atoms with E-state index in [0.29, 0.717) is 35.7 Å². The lowest BCUT2D eigenvalue weighted by atomic mass is 9.84. The number of halogens is 2. The van der Waals surface area contributed by atoms with Gasteiger partial charge in [0, 0.05) is 73.2 Å². The second kappa shape index (κ2) is 18.5. The van der Waals surface area contributed by atoms with Crippen molar-refractivity contribution in [3.63, 3.8) is 0 Å². The molecule has 2 aliphatic heterocycles. The van der Waals surface area contributed by atoms with E-state index in [-0.39, 0.29) is 11.8 Å². The lowest BCUT2D eigenvalue weighted by Gasteiger charge is -2.41. The Hall–Kier alpha value is -2.90. The average Bonchev–Trinajstić information content (AvgIpc) is 3.13. The number of hydrogen-bond acceptors (Lipinski definition) is 6. The molecule has 0 bridgehead atoms. The summed E-state index contributed by atoms with van der Waals surface area (Å²) in [6.07, 6.45) is 12.6. The molecule has 2 heterocycles. The van der Waals surface area contributed by atoms with Gasteiger partial charge in [-0.3, -0.25) is 9.59 Å². The van der Waals surface area contributed by atoms with Gasteiger partial charge in [-0.2, -0.15) is 0 Å². The van der Waals surface area contributed by atoms with Crippen molar-refractivity contribution in [1.29, 1.82) is 0 Å². The van der Waals surface area contributed by atoms with Gasteiger partial charge in [0.25, 0.3) is 0 Å². The molecule has 0 spiro atoms. The van der Waals surface area contributed by atoms with E-state index in [9.17, 15) is 14.7 Å². The largest absolute Gasteiger partial charge is 0.454 e. The number of likely N-dealkylation sites (tertiary alicyclic amines) is 1. The molecular weight excluding hydrogens is 667 g/mol. The molecule has 5 rings (SSSR count). The third-order valence-electron chi connectivity index (χ3n) is 10.7. The molecule has 1 N–H and O–H groups in total. The fourth-order valence-corrected chi connectivity index (χ4v) is 7.74. The quantitative estimate of drug-likeness (QED) is 0.0850. The summed E-state index contributed by atoms with van der Waals surface area (Å²) in [4.78, 5) is 30.8. The number of carbonyl (C=O) groups is 2. The van der Waals surface area contributed by atoms with Crippen LogP contribution in [-0.4, -0.2) is 54.5 Å². The summed E-state index contributed by atoms with van der Waals surface area (Å²) < 4.78 is 6.30. The highest BCUT2D eigenvalue weighted by Gasteiger charge is 2.40. The van der Waals surface area contributed by atoms with Crippen LogP contribution in [-0.2, 0) is 20.7 Å². The van der Waals surface area contributed by atoms with E-state index < -0.39 is 11.2 Å². The average molecular weight is 722 g/mol. The summed E-state index contributed by atoms with van der Waals surface area (Å²) in [5.41, 5.74) is 2.23. The Morgan fingerprint density at radius 3 is 1.84 bits per heavy atom. The maximum atomic E-state index is 13.1. The number of nitrogens with zero attached hydrogens (tertiary/aromatic N) is 2. The van der Waals surface area contributed by atoms with Gasteiger partial charge in [-0.25, -0.2) is 0 Å². The lowest BCUT2D eigenvalue weighted by molar-refractivity contribution is -0.167. The molecule has 0 aliphatic carbocycles. The first-order chi connectivity index (χ1) is 24.2. The first-order valence-corrected chi connectivity index (χ1v) is 19.5. The van der Waals surface area contributed by atoms with Crippen molar-refractivity contribution >= 4 is 40.6 Å². The normalized spacial score (nSPS) is 17.4. The van der Waals surface area contributed by atoms with Crippen LogP contribution in [0.5, 0.6) is 0 Å². The zero-order chi connectivity index (χ0) is 35.4. The topological polar surface area (TPSA) is 70.1 Å². The number of benzene rings is 3. The Morgan fingerprint density at radius 1 is 0.680 bits per heavy atom. The van der Waals surface area contributed by atoms with Crippen molar-refractivity contribution < 1.29 is 19.4 Å². The van der Waals surface area contributed by atoms with Crippen LogP contribution in [0, 0.1) is 0 Å². The molecule has 0 unspecified atom stereocenters. The zero-order valence-electron chi connectivity index (χ0n) is 29.7. The first-order valence-electron chi connectivity index (χ1n) is 18.8. The highest BCUT2D eigenvalue weighted by Crippen LogP contribution is 2.38. The maximum Gasteiger partial charge on any atom is 0.306 e. The SMILES string of the molecule is CCCCCCCCCC(=O)OC1(c2ccc(Cl)cc2)CCN(CCCC(=O)c2ccc(N3CCC(O)(c4ccc(Cl)cc4)CC3)cc2)CC1. The summed E-state index contributed by atoms with van der Waals surface area (Å²) >= 11 is 12.2. The van der Waals surface area contributed by atoms with E-state index in [1.807, 2.05) is 72.8 Å². The molecule has 0 aromatic heterocycles. The number of aliphatic hydroxyl groups is 1. The number of anilines is 1. The minimum absolute atomic E-state index is 0.113. The van der Waals surface area contributed by atoms with E-state index in [0.717, 1.165) is 87.2 Å². The molecular formula is C42H54Cl2N2O4. The van der Waals surface area contributed by atoms with Gasteiger partial charge in [-0.15, -0.1) is 0 Å². The van der Waals surface area contributed by atoms with Crippen LogP contribution < -0.4 is 4.90 Å². The summed E-state index contributed by atoms with van der Waals surface area (Å²) in [6.45, 7) is 6.14. The van der Waals surface area contributed by atoms with Gasteiger partial charge in [0.15, 0.2) is 5.78 Å². The second-order valence-corrected chi connectivity index (χ2v) is 15.2. The number of hydrogen-bond donors (Lipinski definition) is 1. The Morgan fingerprint density at radius 2 is 1.24 bits per heavy atom. The molecule has 2 fully saturated rings. The van der Waals surface area contributed by atoms with Crippen LogP contribution in [0.15, 0.2) is 72.8 Å². The van der Waals surface area contributed by atoms with E-state index >= 15 is 0 Å². The minimum Gasteiger partial charge on any atom is -0.454 e. The number of unbranched alkanes of at least 4 members (excludes halogenated alkanes) is 6. The Bertz CT molecular complexity index is 1490. The van der Waals surface area contributed by atoms with Crippen molar-refractivity contribution in [2.24, 2.45) is 0 Å². The Kier molecular flexibility index (Phi) is 14.2. The molecule has 50 heavy (non-hydrogen) atoms. The van der Waals surface area contributed by atoms with E-state index in [1.54, 1.807) is 0 Å². The molecule has 2 aliphatic rings. The van der Waals surface area contributed by atoms with Crippen LogP contribution in [0.1, 0.15) is 118 Å². The van der Waals surface area contributed by atoms with Gasteiger partial charge in [0.2, 0.25) is 0 Å². The van der Waals surface area contributed by atoms with Crippen molar-refractivity contribution in [1.82, 2.24) is 4.90 Å². The van der Waals surface area contributed by atoms with Crippen LogP contribution in [0.3, 0.4) is 0 Å². The minimum atomic E-state index is -0.847. The summed E-state index contributed by atoms with van der Waals surface area (Å²) in [6, 6.07) is 23.1. The molecule has 3 aromatic carbocycles. The molecule has 2 saturated heterocycles. The van der Waals surface area contributed by atoms with E-state index in [1.165, 1.54) is 32.1 Å². The highest BCUT2D eigenvalue weighted by molar-refractivity contribution is 6.30. The van der Waals surface area contributed by atoms with Crippen LogP contribution in [0.4, 0.5) is 5.69 Å². The molecule has 6 nitrogen and oxygen atoms in total. The van der Waals surface area contributed by atoms with Gasteiger partial charge < -0.3 is 19.6 Å². The summed E-state index contributed by atoms with van der Waals surface area (Å²) in [5.74, 6) is 0.0393. The zero-order valence-corrected chi connectivity index (χ0v) is 31.2. The summed E-state index contributed by atoms with van der Waals surface area (Å²) in [7, 11) is 0. The number of esters is 1. The van der Waals surface area contributed by atoms with Crippen LogP contribution in [0.2, 0.25) is 10.0 Å². The first kappa shape index (κ1) is 38.3. The molecule has 0 radical (unpaired) electrons. The van der Waals surface area contributed by atoms with Gasteiger partial charge in [-0.1, -0.05) is 92.9 Å². The fourth-order valence-electron chi connectivity index (χ4n) is 7.49. The number of carbonyl (C=O) groups excluding carboxylic acids is 2. The third kappa shape index (κ3) is 10.6. The molecule has 3 aromatic rings. The van der Waals surface area contributed by atoms with Gasteiger partial charge in [0.05, 0.1) is 5.60 Å². The second-order valence-electron chi connectivity index (χ2n) is 14.3. The Balaban J connectivity index is 1.06. The fraction of sp³-hybridized carbons (Fsp3) is 0.524. The molecule has 8 heteroatoms. The maximum absolute atomic E-state index is 13.1. The smallest absolute Gasteiger partial charge is 0.306 e. The van der Waals surface area contributed by atoms with Crippen molar-refractivity contribution in [2.45, 2.75) is 108 Å². The van der Waals surface area contributed by atoms with Crippen molar-refractivity contribution in [3.05, 3.63) is 99.5 Å². The molecule has 270 valence electrons. The van der Waals surface area contributed by atoms with E-state index in [4.69, 9.17) is 27.9 Å². The number of rotatable bonds is 17. The summed E-state index contributed by atoms with van der Waals surface area (Å²) in [5, 5.41) is 12.6. The predicted octanol–water partition coefficient (Wildman–Crippen LogP) is 10.1. The monoisotopic (exact) mass is 720 g/mol. The number of ketones is 1. The third-order valence-corrected chi connectivity index (χ3v) is 11.2. The van der Waals surface area contributed by atoms with Crippen LogP contribution in [0.25, 0.3) is 0 Å². The number of piperidine rings is 2.